The van der Waals surface area contributed by atoms with E-state index in [0.717, 1.165) is 0 Å². The van der Waals surface area contributed by atoms with Crippen molar-refractivity contribution in [2.45, 2.75) is 6.61 Å². The molecule has 1 rings (SSSR count). The molecular formula is C10H11F2N3O3. The molecule has 18 heavy (non-hydrogen) atoms. The van der Waals surface area contributed by atoms with Crippen molar-refractivity contribution in [3.05, 3.63) is 29.8 Å². The Morgan fingerprint density at radius 3 is 2.61 bits per heavy atom. The molecule has 0 atom stereocenters. The van der Waals surface area contributed by atoms with Gasteiger partial charge in [-0.15, -0.1) is 0 Å². The molecule has 0 aliphatic rings. The van der Waals surface area contributed by atoms with Gasteiger partial charge in [-0.25, -0.2) is 5.84 Å². The largest absolute Gasteiger partial charge is 0.434 e. The number of carbonyl (C=O) groups excluding carboxylic acids is 2. The van der Waals surface area contributed by atoms with Gasteiger partial charge in [-0.1, -0.05) is 12.1 Å². The molecule has 8 heteroatoms. The van der Waals surface area contributed by atoms with Crippen molar-refractivity contribution < 1.29 is 23.1 Å². The smallest absolute Gasteiger partial charge is 0.387 e. The van der Waals surface area contributed by atoms with Gasteiger partial charge < -0.3 is 10.1 Å². The summed E-state index contributed by atoms with van der Waals surface area (Å²) in [6.45, 7) is -3.40. The van der Waals surface area contributed by atoms with Crippen molar-refractivity contribution in [2.24, 2.45) is 5.84 Å². The maximum Gasteiger partial charge on any atom is 0.387 e. The third-order valence-electron chi connectivity index (χ3n) is 1.92. The van der Waals surface area contributed by atoms with Gasteiger partial charge in [0.15, 0.2) is 0 Å². The number of ether oxygens (including phenoxy) is 1. The van der Waals surface area contributed by atoms with E-state index in [-0.39, 0.29) is 17.9 Å². The molecule has 0 saturated heterocycles. The van der Waals surface area contributed by atoms with E-state index in [9.17, 15) is 18.4 Å². The van der Waals surface area contributed by atoms with Gasteiger partial charge in [-0.05, 0) is 12.1 Å². The van der Waals surface area contributed by atoms with Crippen molar-refractivity contribution >= 4 is 11.8 Å². The summed E-state index contributed by atoms with van der Waals surface area (Å²) in [5, 5.41) is 2.21. The minimum atomic E-state index is -3.04. The van der Waals surface area contributed by atoms with E-state index in [4.69, 9.17) is 5.84 Å². The highest BCUT2D eigenvalue weighted by Crippen LogP contribution is 2.19. The fourth-order valence-corrected chi connectivity index (χ4v) is 1.16. The number of nitrogens with two attached hydrogens (primary N) is 1. The molecule has 0 bridgehead atoms. The van der Waals surface area contributed by atoms with Crippen molar-refractivity contribution in [3.63, 3.8) is 0 Å². The topological polar surface area (TPSA) is 93.5 Å². The molecule has 0 saturated carbocycles. The lowest BCUT2D eigenvalue weighted by atomic mass is 10.2. The molecule has 0 unspecified atom stereocenters. The molecule has 0 aromatic heterocycles. The van der Waals surface area contributed by atoms with Crippen molar-refractivity contribution in [3.8, 4) is 5.75 Å². The van der Waals surface area contributed by atoms with Crippen LogP contribution in [0.4, 0.5) is 8.78 Å². The summed E-state index contributed by atoms with van der Waals surface area (Å²) >= 11 is 0. The Bertz CT molecular complexity index is 440. The lowest BCUT2D eigenvalue weighted by Gasteiger charge is -2.10. The summed E-state index contributed by atoms with van der Waals surface area (Å²) in [5.74, 6) is 3.22. The molecule has 0 spiro atoms. The standard InChI is InChI=1S/C10H11F2N3O3/c11-10(12)18-7-4-2-1-3-6(7)9(17)14-5-8(16)15-13/h1-4,10H,5,13H2,(H,14,17)(H,15,16). The van der Waals surface area contributed by atoms with Crippen LogP contribution in [0.2, 0.25) is 0 Å². The second kappa shape index (κ2) is 6.50. The molecular weight excluding hydrogens is 248 g/mol. The van der Waals surface area contributed by atoms with Crippen LogP contribution in [0.15, 0.2) is 24.3 Å². The first-order valence-electron chi connectivity index (χ1n) is 4.86. The number of hydrogen-bond acceptors (Lipinski definition) is 4. The van der Waals surface area contributed by atoms with Crippen LogP contribution in [0, 0.1) is 0 Å². The van der Waals surface area contributed by atoms with Crippen LogP contribution in [0.5, 0.6) is 5.75 Å². The van der Waals surface area contributed by atoms with E-state index >= 15 is 0 Å². The highest BCUT2D eigenvalue weighted by atomic mass is 19.3. The van der Waals surface area contributed by atoms with Crippen LogP contribution >= 0.6 is 0 Å². The third-order valence-corrected chi connectivity index (χ3v) is 1.92. The lowest BCUT2D eigenvalue weighted by Crippen LogP contribution is -2.40. The fraction of sp³-hybridized carbons (Fsp3) is 0.200. The minimum absolute atomic E-state index is 0.0948. The van der Waals surface area contributed by atoms with E-state index in [0.29, 0.717) is 0 Å². The predicted octanol–water partition coefficient (Wildman–Crippen LogP) is 0.00770. The first kappa shape index (κ1) is 13.8. The van der Waals surface area contributed by atoms with Crippen LogP contribution in [0.1, 0.15) is 10.4 Å². The molecule has 98 valence electrons. The Morgan fingerprint density at radius 2 is 2.00 bits per heavy atom. The van der Waals surface area contributed by atoms with Crippen molar-refractivity contribution in [1.29, 1.82) is 0 Å². The predicted molar refractivity (Wildman–Crippen MR) is 57.7 cm³/mol. The average molecular weight is 259 g/mol. The monoisotopic (exact) mass is 259 g/mol. The van der Waals surface area contributed by atoms with Crippen molar-refractivity contribution in [2.75, 3.05) is 6.54 Å². The molecule has 1 aromatic carbocycles. The molecule has 4 N–H and O–H groups in total. The molecule has 2 amide bonds. The van der Waals surface area contributed by atoms with Crippen LogP contribution < -0.4 is 21.3 Å². The van der Waals surface area contributed by atoms with Crippen LogP contribution in [-0.4, -0.2) is 25.0 Å². The van der Waals surface area contributed by atoms with Gasteiger partial charge in [-0.2, -0.15) is 8.78 Å². The van der Waals surface area contributed by atoms with Gasteiger partial charge in [0, 0.05) is 0 Å². The fourth-order valence-electron chi connectivity index (χ4n) is 1.16. The van der Waals surface area contributed by atoms with E-state index < -0.39 is 18.4 Å². The summed E-state index contributed by atoms with van der Waals surface area (Å²) < 4.78 is 28.4. The average Bonchev–Trinajstić information content (AvgIpc) is 2.35. The molecule has 0 heterocycles. The Morgan fingerprint density at radius 1 is 1.33 bits per heavy atom. The van der Waals surface area contributed by atoms with Gasteiger partial charge in [0.05, 0.1) is 12.1 Å². The summed E-state index contributed by atoms with van der Waals surface area (Å²) in [4.78, 5) is 22.4. The zero-order valence-corrected chi connectivity index (χ0v) is 9.15. The van der Waals surface area contributed by atoms with Crippen molar-refractivity contribution in [1.82, 2.24) is 10.7 Å². The Labute approximate surface area is 101 Å². The summed E-state index contributed by atoms with van der Waals surface area (Å²) in [7, 11) is 0. The summed E-state index contributed by atoms with van der Waals surface area (Å²) in [6.07, 6.45) is 0. The number of benzene rings is 1. The minimum Gasteiger partial charge on any atom is -0.434 e. The van der Waals surface area contributed by atoms with Crippen LogP contribution in [-0.2, 0) is 4.79 Å². The van der Waals surface area contributed by atoms with Gasteiger partial charge >= 0.3 is 6.61 Å². The number of carbonyl (C=O) groups is 2. The zero-order valence-electron chi connectivity index (χ0n) is 9.15. The van der Waals surface area contributed by atoms with Gasteiger partial charge in [-0.3, -0.25) is 15.0 Å². The quantitative estimate of drug-likeness (QED) is 0.394. The maximum absolute atomic E-state index is 12.1. The number of alkyl halides is 2. The van der Waals surface area contributed by atoms with Gasteiger partial charge in [0.2, 0.25) is 0 Å². The molecule has 0 aliphatic carbocycles. The van der Waals surface area contributed by atoms with Crippen LogP contribution in [0.3, 0.4) is 0 Å². The summed E-state index contributed by atoms with van der Waals surface area (Å²) in [6, 6.07) is 5.45. The highest BCUT2D eigenvalue weighted by molar-refractivity contribution is 5.98. The second-order valence-electron chi connectivity index (χ2n) is 3.12. The first-order chi connectivity index (χ1) is 8.54. The first-order valence-corrected chi connectivity index (χ1v) is 4.86. The van der Waals surface area contributed by atoms with Gasteiger partial charge in [0.25, 0.3) is 11.8 Å². The molecule has 0 radical (unpaired) electrons. The van der Waals surface area contributed by atoms with E-state index in [1.165, 1.54) is 24.3 Å². The van der Waals surface area contributed by atoms with E-state index in [2.05, 4.69) is 10.1 Å². The molecule has 0 fully saturated rings. The number of hydrazine groups is 1. The number of halogens is 2. The SMILES string of the molecule is NNC(=O)CNC(=O)c1ccccc1OC(F)F. The number of amides is 2. The lowest BCUT2D eigenvalue weighted by molar-refractivity contribution is -0.120. The second-order valence-corrected chi connectivity index (χ2v) is 3.12. The van der Waals surface area contributed by atoms with Gasteiger partial charge in [0.1, 0.15) is 5.75 Å². The molecule has 6 nitrogen and oxygen atoms in total. The molecule has 0 aliphatic heterocycles. The van der Waals surface area contributed by atoms with E-state index in [1.807, 2.05) is 5.43 Å². The maximum atomic E-state index is 12.1. The van der Waals surface area contributed by atoms with Crippen LogP contribution in [0.25, 0.3) is 0 Å². The highest BCUT2D eigenvalue weighted by Gasteiger charge is 2.15. The third kappa shape index (κ3) is 3.98. The number of para-hydroxylation sites is 1. The Hall–Kier alpha value is -2.22. The molecule has 1 aromatic rings. The Balaban J connectivity index is 2.75. The number of hydrogen-bond donors (Lipinski definition) is 3. The number of rotatable bonds is 5. The normalized spacial score (nSPS) is 10.0. The summed E-state index contributed by atoms with van der Waals surface area (Å²) in [5.41, 5.74) is 1.72. The Kier molecular flexibility index (Phi) is 5.00. The zero-order chi connectivity index (χ0) is 13.5. The van der Waals surface area contributed by atoms with E-state index in [1.54, 1.807) is 0 Å². The number of nitrogens with one attached hydrogen (secondary N) is 2.